The van der Waals surface area contributed by atoms with E-state index in [1.165, 1.54) is 50.6 Å². The van der Waals surface area contributed by atoms with Crippen LogP contribution in [0.4, 0.5) is 13.2 Å². The molecule has 0 unspecified atom stereocenters. The molecule has 0 saturated heterocycles. The molecule has 11 heteroatoms. The van der Waals surface area contributed by atoms with Gasteiger partial charge in [0, 0.05) is 11.8 Å². The predicted octanol–water partition coefficient (Wildman–Crippen LogP) is 2.71. The number of aromatic nitrogens is 1. The second-order valence-electron chi connectivity index (χ2n) is 6.45. The highest BCUT2D eigenvalue weighted by Crippen LogP contribution is 2.30. The molecule has 0 fully saturated rings. The van der Waals surface area contributed by atoms with Crippen molar-refractivity contribution in [1.82, 2.24) is 4.98 Å². The first-order valence-corrected chi connectivity index (χ1v) is 9.33. The molecule has 172 valence electrons. The van der Waals surface area contributed by atoms with Crippen molar-refractivity contribution in [3.63, 3.8) is 0 Å². The van der Waals surface area contributed by atoms with Crippen LogP contribution >= 0.6 is 0 Å². The zero-order valence-corrected chi connectivity index (χ0v) is 17.5. The van der Waals surface area contributed by atoms with Crippen molar-refractivity contribution in [2.24, 2.45) is 0 Å². The van der Waals surface area contributed by atoms with E-state index in [-0.39, 0.29) is 11.3 Å². The number of nitrogens with zero attached hydrogens (tertiary/aromatic N) is 1. The Bertz CT molecular complexity index is 1090. The third kappa shape index (κ3) is 6.89. The minimum atomic E-state index is -4.44. The molecule has 33 heavy (non-hydrogen) atoms. The number of alkyl halides is 3. The topological polar surface area (TPSA) is 106 Å². The van der Waals surface area contributed by atoms with Crippen LogP contribution in [0.3, 0.4) is 0 Å². The molecule has 1 aromatic heterocycles. The number of benzene rings is 2. The van der Waals surface area contributed by atoms with Crippen LogP contribution in [-0.2, 0) is 15.7 Å². The lowest BCUT2D eigenvalue weighted by Crippen LogP contribution is -2.29. The van der Waals surface area contributed by atoms with Crippen LogP contribution in [0.1, 0.15) is 26.3 Å². The first-order valence-electron chi connectivity index (χ1n) is 9.33. The summed E-state index contributed by atoms with van der Waals surface area (Å²) in [5.74, 6) is -1.01. The average Bonchev–Trinajstić information content (AvgIpc) is 2.83. The van der Waals surface area contributed by atoms with Gasteiger partial charge in [0.1, 0.15) is 0 Å². The lowest BCUT2D eigenvalue weighted by Gasteiger charge is -2.09. The fraction of sp³-hybridized carbons (Fsp3) is 0.136. The van der Waals surface area contributed by atoms with Gasteiger partial charge >= 0.3 is 25.2 Å². The van der Waals surface area contributed by atoms with Crippen molar-refractivity contribution in [2.75, 3.05) is 14.2 Å². The van der Waals surface area contributed by atoms with Gasteiger partial charge in [0.2, 0.25) is 0 Å². The predicted molar refractivity (Wildman–Crippen MR) is 114 cm³/mol. The second kappa shape index (κ2) is 11.3. The summed E-state index contributed by atoms with van der Waals surface area (Å²) in [5.41, 5.74) is 0.839. The maximum absolute atomic E-state index is 12.5. The van der Waals surface area contributed by atoms with Gasteiger partial charge in [-0.05, 0) is 35.8 Å². The molecular formula is C22H19BF3NO6. The summed E-state index contributed by atoms with van der Waals surface area (Å²) in [5, 5.41) is 17.5. The number of ether oxygens (including phenoxy) is 2. The van der Waals surface area contributed by atoms with E-state index in [0.717, 1.165) is 12.3 Å². The molecule has 0 aliphatic carbocycles. The van der Waals surface area contributed by atoms with Crippen LogP contribution in [0.25, 0.3) is 11.3 Å². The van der Waals surface area contributed by atoms with Crippen molar-refractivity contribution in [3.8, 4) is 11.3 Å². The zero-order valence-electron chi connectivity index (χ0n) is 17.5. The van der Waals surface area contributed by atoms with E-state index >= 15 is 0 Å². The quantitative estimate of drug-likeness (QED) is 0.455. The number of hydrogen-bond donors (Lipinski definition) is 2. The Morgan fingerprint density at radius 1 is 0.879 bits per heavy atom. The Kier molecular flexibility index (Phi) is 8.72. The van der Waals surface area contributed by atoms with Crippen molar-refractivity contribution in [1.29, 1.82) is 0 Å². The van der Waals surface area contributed by atoms with Crippen molar-refractivity contribution < 1.29 is 42.3 Å². The van der Waals surface area contributed by atoms with E-state index in [1.54, 1.807) is 18.2 Å². The number of carbonyl (C=O) groups excluding carboxylic acids is 2. The molecule has 0 atom stereocenters. The number of methoxy groups -OCH3 is 2. The van der Waals surface area contributed by atoms with Gasteiger partial charge in [0.25, 0.3) is 0 Å². The molecule has 3 rings (SSSR count). The minimum absolute atomic E-state index is 0.252. The van der Waals surface area contributed by atoms with Gasteiger partial charge in [-0.2, -0.15) is 13.2 Å². The maximum atomic E-state index is 12.5. The number of pyridine rings is 1. The number of hydrogen-bond acceptors (Lipinski definition) is 7. The first-order chi connectivity index (χ1) is 15.6. The van der Waals surface area contributed by atoms with Gasteiger partial charge in [-0.1, -0.05) is 30.3 Å². The smallest absolute Gasteiger partial charge is 0.465 e. The van der Waals surface area contributed by atoms with E-state index < -0.39 is 30.8 Å². The van der Waals surface area contributed by atoms with E-state index in [0.29, 0.717) is 16.6 Å². The highest BCUT2D eigenvalue weighted by Gasteiger charge is 2.30. The van der Waals surface area contributed by atoms with Crippen LogP contribution in [0, 0.1) is 0 Å². The summed E-state index contributed by atoms with van der Waals surface area (Å²) in [6, 6.07) is 14.4. The summed E-state index contributed by atoms with van der Waals surface area (Å²) in [7, 11) is 1.02. The summed E-state index contributed by atoms with van der Waals surface area (Å²) in [6.07, 6.45) is -3.70. The van der Waals surface area contributed by atoms with Crippen LogP contribution in [-0.4, -0.2) is 48.3 Å². The Hall–Kier alpha value is -3.70. The largest absolute Gasteiger partial charge is 0.488 e. The van der Waals surface area contributed by atoms with Crippen LogP contribution in [0.5, 0.6) is 0 Å². The molecule has 1 heterocycles. The lowest BCUT2D eigenvalue weighted by molar-refractivity contribution is -0.137. The number of esters is 2. The second-order valence-corrected chi connectivity index (χ2v) is 6.45. The van der Waals surface area contributed by atoms with E-state index in [9.17, 15) is 22.8 Å². The van der Waals surface area contributed by atoms with Crippen molar-refractivity contribution in [2.45, 2.75) is 6.18 Å². The third-order valence-electron chi connectivity index (χ3n) is 4.33. The van der Waals surface area contributed by atoms with Gasteiger partial charge in [0.05, 0.1) is 36.6 Å². The SMILES string of the molecule is COC(=O)c1ccc(B(O)O)cc1.COC(=O)c1ccccc1-c1ccc(C(F)(F)F)cn1. The first kappa shape index (κ1) is 25.6. The molecular weight excluding hydrogens is 442 g/mol. The Balaban J connectivity index is 0.000000257. The average molecular weight is 461 g/mol. The van der Waals surface area contributed by atoms with E-state index in [1.807, 2.05) is 0 Å². The molecule has 0 aliphatic heterocycles. The van der Waals surface area contributed by atoms with Crippen LogP contribution < -0.4 is 5.46 Å². The maximum Gasteiger partial charge on any atom is 0.488 e. The third-order valence-corrected chi connectivity index (χ3v) is 4.33. The zero-order chi connectivity index (χ0) is 24.6. The van der Waals surface area contributed by atoms with Crippen molar-refractivity contribution in [3.05, 3.63) is 83.6 Å². The van der Waals surface area contributed by atoms with Gasteiger partial charge in [-0.25, -0.2) is 9.59 Å². The van der Waals surface area contributed by atoms with Crippen LogP contribution in [0.15, 0.2) is 66.9 Å². The van der Waals surface area contributed by atoms with E-state index in [2.05, 4.69) is 14.5 Å². The lowest BCUT2D eigenvalue weighted by atomic mass is 9.80. The minimum Gasteiger partial charge on any atom is -0.465 e. The molecule has 2 N–H and O–H groups in total. The number of rotatable bonds is 4. The van der Waals surface area contributed by atoms with Gasteiger partial charge < -0.3 is 19.5 Å². The Morgan fingerprint density at radius 3 is 1.97 bits per heavy atom. The molecule has 7 nitrogen and oxygen atoms in total. The number of halogens is 3. The standard InChI is InChI=1S/C14H10F3NO2.C8H9BO4/c1-20-13(19)11-5-3-2-4-10(11)12-7-6-9(8-18-12)14(15,16)17;1-13-8(10)6-2-4-7(5-3-6)9(11)12/h2-8H,1H3;2-5,11-12H,1H3. The summed E-state index contributed by atoms with van der Waals surface area (Å²) in [6.45, 7) is 0. The summed E-state index contributed by atoms with van der Waals surface area (Å²) < 4.78 is 46.5. The summed E-state index contributed by atoms with van der Waals surface area (Å²) in [4.78, 5) is 26.3. The molecule has 0 saturated carbocycles. The molecule has 0 amide bonds. The van der Waals surface area contributed by atoms with E-state index in [4.69, 9.17) is 10.0 Å². The van der Waals surface area contributed by atoms with Gasteiger partial charge in [0.15, 0.2) is 0 Å². The highest BCUT2D eigenvalue weighted by molar-refractivity contribution is 6.58. The van der Waals surface area contributed by atoms with Gasteiger partial charge in [-0.15, -0.1) is 0 Å². The van der Waals surface area contributed by atoms with Crippen molar-refractivity contribution >= 4 is 24.5 Å². The fourth-order valence-corrected chi connectivity index (χ4v) is 2.62. The monoisotopic (exact) mass is 461 g/mol. The highest BCUT2D eigenvalue weighted by atomic mass is 19.4. The van der Waals surface area contributed by atoms with Crippen LogP contribution in [0.2, 0.25) is 0 Å². The molecule has 3 aromatic rings. The molecule has 0 spiro atoms. The molecule has 0 radical (unpaired) electrons. The Labute approximate surface area is 187 Å². The summed E-state index contributed by atoms with van der Waals surface area (Å²) >= 11 is 0. The molecule has 0 aliphatic rings. The normalized spacial score (nSPS) is 10.5. The molecule has 2 aromatic carbocycles. The Morgan fingerprint density at radius 2 is 1.48 bits per heavy atom. The fourth-order valence-electron chi connectivity index (χ4n) is 2.62. The molecule has 0 bridgehead atoms. The number of carbonyl (C=O) groups is 2. The van der Waals surface area contributed by atoms with Gasteiger partial charge in [-0.3, -0.25) is 4.98 Å².